The average molecular weight is 383 g/mol. The summed E-state index contributed by atoms with van der Waals surface area (Å²) in [5.41, 5.74) is 2.07. The summed E-state index contributed by atoms with van der Waals surface area (Å²) in [5.74, 6) is 1.21. The van der Waals surface area contributed by atoms with Crippen LogP contribution in [0.15, 0.2) is 48.5 Å². The predicted octanol–water partition coefficient (Wildman–Crippen LogP) is 2.65. The molecule has 148 valence electrons. The molecule has 1 heterocycles. The van der Waals surface area contributed by atoms with Crippen LogP contribution in [0.2, 0.25) is 0 Å². The third-order valence-corrected chi connectivity index (χ3v) is 4.49. The van der Waals surface area contributed by atoms with Crippen molar-refractivity contribution < 1.29 is 19.1 Å². The van der Waals surface area contributed by atoms with E-state index in [-0.39, 0.29) is 19.1 Å². The summed E-state index contributed by atoms with van der Waals surface area (Å²) in [4.78, 5) is 26.1. The fourth-order valence-corrected chi connectivity index (χ4v) is 2.92. The normalized spacial score (nSPS) is 12.1. The summed E-state index contributed by atoms with van der Waals surface area (Å²) in [6, 6.07) is 14.9. The van der Waals surface area contributed by atoms with Crippen LogP contribution < -0.4 is 20.1 Å². The average Bonchev–Trinajstić information content (AvgIpc) is 3.18. The van der Waals surface area contributed by atoms with Gasteiger partial charge in [0.15, 0.2) is 11.5 Å². The fraction of sp³-hybridized carbons (Fsp3) is 0.333. The Morgan fingerprint density at radius 1 is 1.04 bits per heavy atom. The Kier molecular flexibility index (Phi) is 6.86. The maximum Gasteiger partial charge on any atom is 0.321 e. The monoisotopic (exact) mass is 383 g/mol. The van der Waals surface area contributed by atoms with E-state index in [0.717, 1.165) is 29.2 Å². The third kappa shape index (κ3) is 5.72. The summed E-state index contributed by atoms with van der Waals surface area (Å²) in [5, 5.41) is 5.06. The van der Waals surface area contributed by atoms with Crippen LogP contribution in [0, 0.1) is 0 Å². The lowest BCUT2D eigenvalue weighted by Gasteiger charge is -2.20. The second-order valence-electron chi connectivity index (χ2n) is 6.52. The Bertz CT molecular complexity index is 811. The molecule has 0 saturated carbocycles. The fourth-order valence-electron chi connectivity index (χ4n) is 2.92. The van der Waals surface area contributed by atoms with E-state index in [9.17, 15) is 9.59 Å². The molecule has 0 spiro atoms. The first kappa shape index (κ1) is 19.7. The molecule has 3 amide bonds. The first-order valence-electron chi connectivity index (χ1n) is 9.36. The largest absolute Gasteiger partial charge is 0.454 e. The number of urea groups is 1. The molecule has 0 unspecified atom stereocenters. The molecule has 7 heteroatoms. The summed E-state index contributed by atoms with van der Waals surface area (Å²) in [7, 11) is 0. The van der Waals surface area contributed by atoms with Crippen LogP contribution in [0.3, 0.4) is 0 Å². The number of nitrogens with one attached hydrogen (secondary N) is 2. The number of carbonyl (C=O) groups excluding carboxylic acids is 2. The number of carbonyl (C=O) groups is 2. The highest BCUT2D eigenvalue weighted by atomic mass is 16.7. The standard InChI is InChI=1S/C21H25N3O4/c1-2-24(14-17-8-9-18-19(12-17)28-15-27-18)11-10-20(25)23-21(26)22-13-16-6-4-3-5-7-16/h3-9,12H,2,10-11,13-15H2,1H3,(H2,22,23,25,26). The lowest BCUT2D eigenvalue weighted by Crippen LogP contribution is -2.40. The van der Waals surface area contributed by atoms with Crippen LogP contribution in [0.4, 0.5) is 4.79 Å². The molecule has 1 aliphatic rings. The van der Waals surface area contributed by atoms with E-state index in [1.165, 1.54) is 0 Å². The zero-order valence-corrected chi connectivity index (χ0v) is 15.9. The molecule has 0 aliphatic carbocycles. The van der Waals surface area contributed by atoms with Gasteiger partial charge in [-0.1, -0.05) is 43.3 Å². The van der Waals surface area contributed by atoms with Crippen LogP contribution in [0.5, 0.6) is 11.5 Å². The first-order chi connectivity index (χ1) is 13.6. The topological polar surface area (TPSA) is 79.9 Å². The van der Waals surface area contributed by atoms with Crippen molar-refractivity contribution in [3.8, 4) is 11.5 Å². The van der Waals surface area contributed by atoms with Gasteiger partial charge in [-0.25, -0.2) is 4.79 Å². The van der Waals surface area contributed by atoms with Gasteiger partial charge in [-0.05, 0) is 29.8 Å². The Hall–Kier alpha value is -3.06. The van der Waals surface area contributed by atoms with E-state index in [2.05, 4.69) is 15.5 Å². The predicted molar refractivity (Wildman–Crippen MR) is 105 cm³/mol. The van der Waals surface area contributed by atoms with Crippen molar-refractivity contribution >= 4 is 11.9 Å². The van der Waals surface area contributed by atoms with Gasteiger partial charge in [0.25, 0.3) is 0 Å². The Balaban J connectivity index is 1.40. The zero-order chi connectivity index (χ0) is 19.8. The lowest BCUT2D eigenvalue weighted by molar-refractivity contribution is -0.120. The van der Waals surface area contributed by atoms with Gasteiger partial charge in [-0.3, -0.25) is 15.0 Å². The quantitative estimate of drug-likeness (QED) is 0.733. The maximum atomic E-state index is 12.1. The third-order valence-electron chi connectivity index (χ3n) is 4.49. The van der Waals surface area contributed by atoms with E-state index in [0.29, 0.717) is 19.6 Å². The molecule has 3 rings (SSSR count). The smallest absolute Gasteiger partial charge is 0.321 e. The van der Waals surface area contributed by atoms with Crippen molar-refractivity contribution in [1.29, 1.82) is 0 Å². The summed E-state index contributed by atoms with van der Waals surface area (Å²) in [6.45, 7) is 4.72. The molecule has 0 radical (unpaired) electrons. The van der Waals surface area contributed by atoms with Crippen LogP contribution in [-0.2, 0) is 17.9 Å². The Morgan fingerprint density at radius 2 is 1.82 bits per heavy atom. The lowest BCUT2D eigenvalue weighted by atomic mass is 10.2. The van der Waals surface area contributed by atoms with Gasteiger partial charge in [0, 0.05) is 26.1 Å². The van der Waals surface area contributed by atoms with Gasteiger partial charge in [0.1, 0.15) is 0 Å². The van der Waals surface area contributed by atoms with Crippen LogP contribution in [-0.4, -0.2) is 36.7 Å². The summed E-state index contributed by atoms with van der Waals surface area (Å²) < 4.78 is 10.7. The molecule has 28 heavy (non-hydrogen) atoms. The Labute approximate surface area is 164 Å². The zero-order valence-electron chi connectivity index (χ0n) is 15.9. The van der Waals surface area contributed by atoms with Gasteiger partial charge in [0.05, 0.1) is 0 Å². The van der Waals surface area contributed by atoms with E-state index < -0.39 is 6.03 Å². The maximum absolute atomic E-state index is 12.1. The molecule has 2 aromatic rings. The second kappa shape index (κ2) is 9.75. The highest BCUT2D eigenvalue weighted by Gasteiger charge is 2.15. The molecular weight excluding hydrogens is 358 g/mol. The number of benzene rings is 2. The minimum Gasteiger partial charge on any atom is -0.454 e. The number of amides is 3. The number of nitrogens with zero attached hydrogens (tertiary/aromatic N) is 1. The van der Waals surface area contributed by atoms with E-state index >= 15 is 0 Å². The van der Waals surface area contributed by atoms with Crippen LogP contribution in [0.25, 0.3) is 0 Å². The molecule has 7 nitrogen and oxygen atoms in total. The second-order valence-corrected chi connectivity index (χ2v) is 6.52. The van der Waals surface area contributed by atoms with Gasteiger partial charge >= 0.3 is 6.03 Å². The number of ether oxygens (including phenoxy) is 2. The number of rotatable bonds is 8. The van der Waals surface area contributed by atoms with Crippen LogP contribution in [0.1, 0.15) is 24.5 Å². The molecule has 2 aromatic carbocycles. The van der Waals surface area contributed by atoms with Crippen molar-refractivity contribution in [2.24, 2.45) is 0 Å². The molecule has 0 atom stereocenters. The van der Waals surface area contributed by atoms with E-state index in [1.807, 2.05) is 55.5 Å². The molecule has 0 aromatic heterocycles. The minimum absolute atomic E-state index is 0.247. The van der Waals surface area contributed by atoms with Crippen LogP contribution >= 0.6 is 0 Å². The minimum atomic E-state index is -0.479. The number of hydrogen-bond acceptors (Lipinski definition) is 5. The summed E-state index contributed by atoms with van der Waals surface area (Å²) >= 11 is 0. The SMILES string of the molecule is CCN(CCC(=O)NC(=O)NCc1ccccc1)Cc1ccc2c(c1)OCO2. The van der Waals surface area contributed by atoms with Gasteiger partial charge in [-0.15, -0.1) is 0 Å². The summed E-state index contributed by atoms with van der Waals surface area (Å²) in [6.07, 6.45) is 0.247. The van der Waals surface area contributed by atoms with E-state index in [1.54, 1.807) is 0 Å². The highest BCUT2D eigenvalue weighted by Crippen LogP contribution is 2.32. The highest BCUT2D eigenvalue weighted by molar-refractivity contribution is 5.94. The Morgan fingerprint density at radius 3 is 2.61 bits per heavy atom. The number of fused-ring (bicyclic) bond motifs is 1. The molecule has 0 fully saturated rings. The number of imide groups is 1. The van der Waals surface area contributed by atoms with Gasteiger partial charge < -0.3 is 14.8 Å². The van der Waals surface area contributed by atoms with Crippen molar-refractivity contribution in [3.63, 3.8) is 0 Å². The molecule has 1 aliphatic heterocycles. The van der Waals surface area contributed by atoms with Gasteiger partial charge in [-0.2, -0.15) is 0 Å². The molecule has 0 bridgehead atoms. The van der Waals surface area contributed by atoms with Crippen molar-refractivity contribution in [3.05, 3.63) is 59.7 Å². The molecule has 2 N–H and O–H groups in total. The van der Waals surface area contributed by atoms with Gasteiger partial charge in [0.2, 0.25) is 12.7 Å². The van der Waals surface area contributed by atoms with Crippen molar-refractivity contribution in [2.75, 3.05) is 19.9 Å². The molecular formula is C21H25N3O4. The number of hydrogen-bond donors (Lipinski definition) is 2. The molecule has 0 saturated heterocycles. The van der Waals surface area contributed by atoms with Crippen molar-refractivity contribution in [1.82, 2.24) is 15.5 Å². The first-order valence-corrected chi connectivity index (χ1v) is 9.36. The van der Waals surface area contributed by atoms with Crippen molar-refractivity contribution in [2.45, 2.75) is 26.4 Å². The van der Waals surface area contributed by atoms with E-state index in [4.69, 9.17) is 9.47 Å².